The van der Waals surface area contributed by atoms with Crippen molar-refractivity contribution in [1.29, 1.82) is 0 Å². The van der Waals surface area contributed by atoms with E-state index >= 15 is 0 Å². The van der Waals surface area contributed by atoms with E-state index in [2.05, 4.69) is 6.58 Å². The van der Waals surface area contributed by atoms with Gasteiger partial charge in [0.05, 0.1) is 31.8 Å². The van der Waals surface area contributed by atoms with Crippen LogP contribution in [0, 0.1) is 0 Å². The number of hydrogen-bond donors (Lipinski definition) is 0. The molecule has 0 aromatic heterocycles. The summed E-state index contributed by atoms with van der Waals surface area (Å²) in [5.74, 6) is -0.936. The first-order chi connectivity index (χ1) is 13.5. The highest BCUT2D eigenvalue weighted by molar-refractivity contribution is 5.89. The molecule has 4 aliphatic rings. The third-order valence-corrected chi connectivity index (χ3v) is 6.42. The molecular formula is C21H30O7. The van der Waals surface area contributed by atoms with Crippen LogP contribution in [0.25, 0.3) is 0 Å². The van der Waals surface area contributed by atoms with Crippen LogP contribution in [0.2, 0.25) is 0 Å². The molecule has 1 saturated carbocycles. The second kappa shape index (κ2) is 8.22. The quantitative estimate of drug-likeness (QED) is 0.523. The van der Waals surface area contributed by atoms with Gasteiger partial charge in [-0.1, -0.05) is 13.0 Å². The maximum absolute atomic E-state index is 12.0. The fourth-order valence-corrected chi connectivity index (χ4v) is 5.02. The normalized spacial score (nSPS) is 39.0. The van der Waals surface area contributed by atoms with Gasteiger partial charge in [-0.3, -0.25) is 9.59 Å². The number of methoxy groups -OCH3 is 1. The third-order valence-electron chi connectivity index (χ3n) is 6.42. The van der Waals surface area contributed by atoms with Crippen LogP contribution >= 0.6 is 0 Å². The lowest BCUT2D eigenvalue weighted by Gasteiger charge is -2.46. The first-order valence-electron chi connectivity index (χ1n) is 10.4. The number of fused-ring (bicyclic) bond motifs is 3. The number of ether oxygens (including phenoxy) is 5. The molecule has 3 aliphatic heterocycles. The summed E-state index contributed by atoms with van der Waals surface area (Å²) >= 11 is 0. The van der Waals surface area contributed by atoms with Crippen LogP contribution in [0.5, 0.6) is 0 Å². The third kappa shape index (κ3) is 3.90. The summed E-state index contributed by atoms with van der Waals surface area (Å²) < 4.78 is 30.3. The van der Waals surface area contributed by atoms with Crippen molar-refractivity contribution in [2.45, 2.75) is 100 Å². The summed E-state index contributed by atoms with van der Waals surface area (Å²) in [6.45, 7) is 3.58. The van der Waals surface area contributed by atoms with Gasteiger partial charge in [0.2, 0.25) is 0 Å². The second-order valence-corrected chi connectivity index (χ2v) is 8.30. The SMILES string of the molecule is C=CC(=O)CC1O[C@H]2CC[C@H](CC(=O)OC)OC2[C@@H]2OC3(CCCCC3)O[C@H]12. The largest absolute Gasteiger partial charge is 0.469 e. The van der Waals surface area contributed by atoms with Crippen LogP contribution in [0.4, 0.5) is 0 Å². The van der Waals surface area contributed by atoms with Crippen LogP contribution in [0.3, 0.4) is 0 Å². The highest BCUT2D eigenvalue weighted by Gasteiger charge is 2.59. The van der Waals surface area contributed by atoms with Gasteiger partial charge < -0.3 is 23.7 Å². The molecule has 156 valence electrons. The molecule has 28 heavy (non-hydrogen) atoms. The molecule has 7 heteroatoms. The molecule has 0 radical (unpaired) electrons. The predicted octanol–water partition coefficient (Wildman–Crippen LogP) is 2.45. The standard InChI is InChI=1S/C21H30O7/c1-3-13(22)11-16-19-20(28-21(27-19)9-5-4-6-10-21)18-15(26-16)8-7-14(25-18)12-17(23)24-2/h3,14-16,18-20H,1,4-12H2,2H3/t14-,15+,16?,18?,19-,20+/m1/s1. The molecule has 4 fully saturated rings. The lowest BCUT2D eigenvalue weighted by atomic mass is 9.87. The number of hydrogen-bond acceptors (Lipinski definition) is 7. The Morgan fingerprint density at radius 3 is 2.50 bits per heavy atom. The Balaban J connectivity index is 1.53. The van der Waals surface area contributed by atoms with Crippen LogP contribution < -0.4 is 0 Å². The molecule has 0 aromatic carbocycles. The van der Waals surface area contributed by atoms with E-state index in [1.54, 1.807) is 0 Å². The molecule has 6 atom stereocenters. The molecule has 0 bridgehead atoms. The van der Waals surface area contributed by atoms with Crippen LogP contribution in [0.15, 0.2) is 12.7 Å². The van der Waals surface area contributed by atoms with E-state index < -0.39 is 5.79 Å². The highest BCUT2D eigenvalue weighted by Crippen LogP contribution is 2.47. The molecule has 0 N–H and O–H groups in total. The van der Waals surface area contributed by atoms with Crippen molar-refractivity contribution in [1.82, 2.24) is 0 Å². The Hall–Kier alpha value is -1.28. The minimum Gasteiger partial charge on any atom is -0.469 e. The molecule has 7 nitrogen and oxygen atoms in total. The van der Waals surface area contributed by atoms with Crippen molar-refractivity contribution in [2.75, 3.05) is 7.11 Å². The number of allylic oxidation sites excluding steroid dienone is 1. The zero-order valence-corrected chi connectivity index (χ0v) is 16.5. The number of esters is 1. The maximum Gasteiger partial charge on any atom is 0.308 e. The van der Waals surface area contributed by atoms with Crippen LogP contribution in [-0.4, -0.2) is 61.3 Å². The number of rotatable bonds is 5. The summed E-state index contributed by atoms with van der Waals surface area (Å²) in [4.78, 5) is 23.7. The van der Waals surface area contributed by atoms with Crippen LogP contribution in [0.1, 0.15) is 57.8 Å². The lowest BCUT2D eigenvalue weighted by molar-refractivity contribution is -0.240. The van der Waals surface area contributed by atoms with E-state index in [1.807, 2.05) is 0 Å². The van der Waals surface area contributed by atoms with Crippen LogP contribution in [-0.2, 0) is 33.3 Å². The molecule has 0 aromatic rings. The van der Waals surface area contributed by atoms with E-state index in [0.717, 1.165) is 32.1 Å². The number of carbonyl (C=O) groups is 2. The average Bonchev–Trinajstić information content (AvgIpc) is 3.07. The summed E-state index contributed by atoms with van der Waals surface area (Å²) in [6.07, 6.45) is 6.60. The second-order valence-electron chi connectivity index (χ2n) is 8.30. The van der Waals surface area contributed by atoms with E-state index in [1.165, 1.54) is 19.6 Å². The monoisotopic (exact) mass is 394 g/mol. The van der Waals surface area contributed by atoms with Gasteiger partial charge in [-0.15, -0.1) is 0 Å². The van der Waals surface area contributed by atoms with Crippen molar-refractivity contribution in [3.8, 4) is 0 Å². The Morgan fingerprint density at radius 1 is 1.04 bits per heavy atom. The fourth-order valence-electron chi connectivity index (χ4n) is 5.02. The number of carbonyl (C=O) groups excluding carboxylic acids is 2. The molecule has 0 amide bonds. The zero-order valence-electron chi connectivity index (χ0n) is 16.5. The van der Waals surface area contributed by atoms with Crippen molar-refractivity contribution in [3.63, 3.8) is 0 Å². The van der Waals surface area contributed by atoms with Gasteiger partial charge in [0.25, 0.3) is 0 Å². The van der Waals surface area contributed by atoms with Crippen molar-refractivity contribution in [3.05, 3.63) is 12.7 Å². The Kier molecular flexibility index (Phi) is 5.88. The van der Waals surface area contributed by atoms with Gasteiger partial charge in [0, 0.05) is 19.3 Å². The van der Waals surface area contributed by atoms with Crippen molar-refractivity contribution < 1.29 is 33.3 Å². The molecule has 4 rings (SSSR count). The molecular weight excluding hydrogens is 364 g/mol. The molecule has 1 spiro atoms. The van der Waals surface area contributed by atoms with Gasteiger partial charge in [0.15, 0.2) is 11.6 Å². The topological polar surface area (TPSA) is 80.3 Å². The molecule has 3 saturated heterocycles. The summed E-state index contributed by atoms with van der Waals surface area (Å²) in [5.41, 5.74) is 0. The smallest absolute Gasteiger partial charge is 0.308 e. The molecule has 3 heterocycles. The Labute approximate surface area is 165 Å². The summed E-state index contributed by atoms with van der Waals surface area (Å²) in [5, 5.41) is 0. The van der Waals surface area contributed by atoms with E-state index in [-0.39, 0.29) is 61.2 Å². The van der Waals surface area contributed by atoms with E-state index in [4.69, 9.17) is 23.7 Å². The van der Waals surface area contributed by atoms with Crippen molar-refractivity contribution in [2.24, 2.45) is 0 Å². The van der Waals surface area contributed by atoms with Gasteiger partial charge in [-0.2, -0.15) is 0 Å². The minimum absolute atomic E-state index is 0.0595. The highest BCUT2D eigenvalue weighted by atomic mass is 16.8. The van der Waals surface area contributed by atoms with Gasteiger partial charge >= 0.3 is 5.97 Å². The summed E-state index contributed by atoms with van der Waals surface area (Å²) in [6, 6.07) is 0. The van der Waals surface area contributed by atoms with Gasteiger partial charge in [-0.25, -0.2) is 0 Å². The van der Waals surface area contributed by atoms with E-state index in [9.17, 15) is 9.59 Å². The number of ketones is 1. The zero-order chi connectivity index (χ0) is 19.7. The molecule has 2 unspecified atom stereocenters. The predicted molar refractivity (Wildman–Crippen MR) is 98.6 cm³/mol. The molecule has 1 aliphatic carbocycles. The first-order valence-corrected chi connectivity index (χ1v) is 10.4. The lowest BCUT2D eigenvalue weighted by Crippen LogP contribution is -2.60. The first kappa shape index (κ1) is 20.0. The van der Waals surface area contributed by atoms with Crippen molar-refractivity contribution >= 4 is 11.8 Å². The summed E-state index contributed by atoms with van der Waals surface area (Å²) in [7, 11) is 1.38. The Morgan fingerprint density at radius 2 is 1.79 bits per heavy atom. The Bertz CT molecular complexity index is 612. The maximum atomic E-state index is 12.0. The average molecular weight is 394 g/mol. The van der Waals surface area contributed by atoms with E-state index in [0.29, 0.717) is 6.42 Å². The fraction of sp³-hybridized carbons (Fsp3) is 0.810. The minimum atomic E-state index is -0.597. The van der Waals surface area contributed by atoms with Gasteiger partial charge in [-0.05, 0) is 31.8 Å². The van der Waals surface area contributed by atoms with Gasteiger partial charge in [0.1, 0.15) is 18.3 Å².